The van der Waals surface area contributed by atoms with Gasteiger partial charge in [0.25, 0.3) is 0 Å². The zero-order valence-electron chi connectivity index (χ0n) is 8.34. The first kappa shape index (κ1) is 10.5. The monoisotopic (exact) mass is 201 g/mol. The van der Waals surface area contributed by atoms with E-state index in [2.05, 4.69) is 12.0 Å². The number of rotatable bonds is 3. The molecule has 4 heteroatoms. The van der Waals surface area contributed by atoms with Gasteiger partial charge in [0.05, 0.1) is 16.4 Å². The molecule has 0 spiro atoms. The summed E-state index contributed by atoms with van der Waals surface area (Å²) in [6.45, 7) is 4.64. The van der Waals surface area contributed by atoms with Gasteiger partial charge in [-0.25, -0.2) is 0 Å². The highest BCUT2D eigenvalue weighted by atomic mass is 35.5. The Morgan fingerprint density at radius 1 is 1.62 bits per heavy atom. The predicted octanol–water partition coefficient (Wildman–Crippen LogP) is 1.83. The number of nitrogens with two attached hydrogens (primary N) is 1. The van der Waals surface area contributed by atoms with Gasteiger partial charge in [-0.15, -0.1) is 0 Å². The van der Waals surface area contributed by atoms with Crippen molar-refractivity contribution in [3.8, 4) is 0 Å². The van der Waals surface area contributed by atoms with Crippen molar-refractivity contribution in [3.05, 3.63) is 16.4 Å². The zero-order chi connectivity index (χ0) is 10.0. The van der Waals surface area contributed by atoms with Gasteiger partial charge in [0.1, 0.15) is 0 Å². The van der Waals surface area contributed by atoms with Crippen LogP contribution in [0.2, 0.25) is 5.02 Å². The maximum atomic E-state index is 6.13. The first-order valence-corrected chi connectivity index (χ1v) is 4.88. The second-order valence-corrected chi connectivity index (χ2v) is 3.63. The zero-order valence-corrected chi connectivity index (χ0v) is 9.10. The molecule has 0 radical (unpaired) electrons. The minimum Gasteiger partial charge on any atom is -0.330 e. The SMILES string of the molecule is CCC(CN)c1c(Cl)c(C)nn1C. The molecule has 1 atom stereocenters. The Bertz CT molecular complexity index is 289. The summed E-state index contributed by atoms with van der Waals surface area (Å²) in [7, 11) is 1.91. The van der Waals surface area contributed by atoms with Crippen molar-refractivity contribution >= 4 is 11.6 Å². The van der Waals surface area contributed by atoms with Crippen LogP contribution in [-0.2, 0) is 7.05 Å². The molecular weight excluding hydrogens is 186 g/mol. The minimum absolute atomic E-state index is 0.318. The second kappa shape index (κ2) is 4.11. The molecule has 1 aromatic rings. The van der Waals surface area contributed by atoms with Crippen LogP contribution in [0.15, 0.2) is 0 Å². The topological polar surface area (TPSA) is 43.8 Å². The van der Waals surface area contributed by atoms with Crippen LogP contribution < -0.4 is 5.73 Å². The summed E-state index contributed by atoms with van der Waals surface area (Å²) < 4.78 is 1.83. The lowest BCUT2D eigenvalue weighted by molar-refractivity contribution is 0.593. The fourth-order valence-electron chi connectivity index (χ4n) is 1.57. The average molecular weight is 202 g/mol. The maximum absolute atomic E-state index is 6.13. The van der Waals surface area contributed by atoms with Gasteiger partial charge >= 0.3 is 0 Å². The summed E-state index contributed by atoms with van der Waals surface area (Å²) in [6, 6.07) is 0. The van der Waals surface area contributed by atoms with Crippen LogP contribution in [0.1, 0.15) is 30.7 Å². The van der Waals surface area contributed by atoms with Crippen molar-refractivity contribution in [1.29, 1.82) is 0 Å². The minimum atomic E-state index is 0.318. The van der Waals surface area contributed by atoms with Crippen molar-refractivity contribution in [3.63, 3.8) is 0 Å². The average Bonchev–Trinajstić information content (AvgIpc) is 2.34. The van der Waals surface area contributed by atoms with E-state index in [4.69, 9.17) is 17.3 Å². The highest BCUT2D eigenvalue weighted by Gasteiger charge is 2.18. The third-order valence-electron chi connectivity index (χ3n) is 2.36. The summed E-state index contributed by atoms with van der Waals surface area (Å²) in [5, 5.41) is 5.02. The normalized spacial score (nSPS) is 13.3. The maximum Gasteiger partial charge on any atom is 0.0850 e. The molecule has 0 aliphatic carbocycles. The standard InChI is InChI=1S/C9H16ClN3/c1-4-7(5-11)9-8(10)6(2)12-13(9)3/h7H,4-5,11H2,1-3H3. The largest absolute Gasteiger partial charge is 0.330 e. The number of halogens is 1. The lowest BCUT2D eigenvalue weighted by Crippen LogP contribution is -2.15. The van der Waals surface area contributed by atoms with Crippen LogP contribution in [0.5, 0.6) is 0 Å². The van der Waals surface area contributed by atoms with Gasteiger partial charge in [-0.3, -0.25) is 4.68 Å². The lowest BCUT2D eigenvalue weighted by atomic mass is 10.0. The van der Waals surface area contributed by atoms with E-state index < -0.39 is 0 Å². The summed E-state index contributed by atoms with van der Waals surface area (Å²) in [4.78, 5) is 0. The van der Waals surface area contributed by atoms with Gasteiger partial charge in [0.15, 0.2) is 0 Å². The van der Waals surface area contributed by atoms with E-state index in [1.807, 2.05) is 18.7 Å². The quantitative estimate of drug-likeness (QED) is 0.811. The van der Waals surface area contributed by atoms with Gasteiger partial charge < -0.3 is 5.73 Å². The Balaban J connectivity index is 3.11. The van der Waals surface area contributed by atoms with Gasteiger partial charge in [0.2, 0.25) is 0 Å². The predicted molar refractivity (Wildman–Crippen MR) is 55.0 cm³/mol. The first-order valence-electron chi connectivity index (χ1n) is 4.50. The highest BCUT2D eigenvalue weighted by Crippen LogP contribution is 2.28. The van der Waals surface area contributed by atoms with Crippen LogP contribution in [0, 0.1) is 6.92 Å². The molecule has 0 saturated heterocycles. The molecule has 0 fully saturated rings. The molecule has 3 nitrogen and oxygen atoms in total. The highest BCUT2D eigenvalue weighted by molar-refractivity contribution is 6.31. The Hall–Kier alpha value is -0.540. The summed E-state index contributed by atoms with van der Waals surface area (Å²) in [6.07, 6.45) is 0.995. The van der Waals surface area contributed by atoms with E-state index >= 15 is 0 Å². The molecule has 0 aliphatic heterocycles. The van der Waals surface area contributed by atoms with Gasteiger partial charge in [-0.1, -0.05) is 18.5 Å². The van der Waals surface area contributed by atoms with Crippen LogP contribution in [-0.4, -0.2) is 16.3 Å². The van der Waals surface area contributed by atoms with E-state index in [9.17, 15) is 0 Å². The van der Waals surface area contributed by atoms with E-state index in [0.717, 1.165) is 22.8 Å². The van der Waals surface area contributed by atoms with E-state index in [-0.39, 0.29) is 0 Å². The van der Waals surface area contributed by atoms with Crippen molar-refractivity contribution in [2.45, 2.75) is 26.2 Å². The third-order valence-corrected chi connectivity index (χ3v) is 2.82. The van der Waals surface area contributed by atoms with Gasteiger partial charge in [-0.2, -0.15) is 5.10 Å². The van der Waals surface area contributed by atoms with Crippen molar-refractivity contribution in [2.75, 3.05) is 6.54 Å². The molecule has 13 heavy (non-hydrogen) atoms. The fourth-order valence-corrected chi connectivity index (χ4v) is 1.88. The number of hydrogen-bond acceptors (Lipinski definition) is 2. The Morgan fingerprint density at radius 3 is 2.54 bits per heavy atom. The molecule has 0 aromatic carbocycles. The molecule has 0 aliphatic rings. The van der Waals surface area contributed by atoms with Crippen LogP contribution in [0.25, 0.3) is 0 Å². The molecule has 2 N–H and O–H groups in total. The van der Waals surface area contributed by atoms with E-state index in [0.29, 0.717) is 12.5 Å². The number of nitrogens with zero attached hydrogens (tertiary/aromatic N) is 2. The number of hydrogen-bond donors (Lipinski definition) is 1. The fraction of sp³-hybridized carbons (Fsp3) is 0.667. The molecule has 1 aromatic heterocycles. The molecule has 0 amide bonds. The lowest BCUT2D eigenvalue weighted by Gasteiger charge is -2.12. The number of aryl methyl sites for hydroxylation is 2. The molecule has 1 rings (SSSR count). The summed E-state index contributed by atoms with van der Waals surface area (Å²) in [5.74, 6) is 0.318. The van der Waals surface area contributed by atoms with Crippen LogP contribution >= 0.6 is 11.6 Å². The van der Waals surface area contributed by atoms with E-state index in [1.165, 1.54) is 0 Å². The smallest absolute Gasteiger partial charge is 0.0850 e. The van der Waals surface area contributed by atoms with Crippen LogP contribution in [0.4, 0.5) is 0 Å². The van der Waals surface area contributed by atoms with Crippen molar-refractivity contribution < 1.29 is 0 Å². The number of aromatic nitrogens is 2. The molecule has 1 heterocycles. The molecular formula is C9H16ClN3. The molecule has 74 valence electrons. The molecule has 0 saturated carbocycles. The second-order valence-electron chi connectivity index (χ2n) is 3.25. The Labute approximate surface area is 83.9 Å². The summed E-state index contributed by atoms with van der Waals surface area (Å²) >= 11 is 6.13. The van der Waals surface area contributed by atoms with Crippen molar-refractivity contribution in [2.24, 2.45) is 12.8 Å². The molecule has 1 unspecified atom stereocenters. The summed E-state index contributed by atoms with van der Waals surface area (Å²) in [5.41, 5.74) is 7.60. The Morgan fingerprint density at radius 2 is 2.23 bits per heavy atom. The van der Waals surface area contributed by atoms with Crippen LogP contribution in [0.3, 0.4) is 0 Å². The Kier molecular flexibility index (Phi) is 3.33. The third kappa shape index (κ3) is 1.86. The van der Waals surface area contributed by atoms with Gasteiger partial charge in [0, 0.05) is 19.5 Å². The van der Waals surface area contributed by atoms with Gasteiger partial charge in [-0.05, 0) is 13.3 Å². The first-order chi connectivity index (χ1) is 6.11. The van der Waals surface area contributed by atoms with Crippen molar-refractivity contribution in [1.82, 2.24) is 9.78 Å². The molecule has 0 bridgehead atoms. The van der Waals surface area contributed by atoms with E-state index in [1.54, 1.807) is 0 Å².